The van der Waals surface area contributed by atoms with Gasteiger partial charge in [-0.3, -0.25) is 0 Å². The van der Waals surface area contributed by atoms with Crippen molar-refractivity contribution in [1.82, 2.24) is 0 Å². The van der Waals surface area contributed by atoms with Crippen molar-refractivity contribution >= 4 is 0 Å². The normalized spacial score (nSPS) is 17.6. The molecule has 0 aromatic carbocycles. The van der Waals surface area contributed by atoms with Crippen LogP contribution in [0.15, 0.2) is 25.2 Å². The molecule has 1 aliphatic rings. The third-order valence-electron chi connectivity index (χ3n) is 1.11. The van der Waals surface area contributed by atoms with Crippen LogP contribution in [-0.4, -0.2) is 0 Å². The summed E-state index contributed by atoms with van der Waals surface area (Å²) in [5.41, 5.74) is 0. The topological polar surface area (TPSA) is 29.4 Å². The van der Waals surface area contributed by atoms with Gasteiger partial charge in [-0.2, -0.15) is 0 Å². The van der Waals surface area contributed by atoms with E-state index in [9.17, 15) is 4.91 Å². The summed E-state index contributed by atoms with van der Waals surface area (Å²) in [5.74, 6) is 0. The van der Waals surface area contributed by atoms with E-state index in [1.807, 2.05) is 12.2 Å². The molecule has 0 N–H and O–H groups in total. The van der Waals surface area contributed by atoms with Crippen LogP contribution in [0.2, 0.25) is 0 Å². The Morgan fingerprint density at radius 1 is 1.67 bits per heavy atom. The van der Waals surface area contributed by atoms with Crippen LogP contribution in [0.5, 0.6) is 0 Å². The Hall–Kier alpha value is -0.190. The molecule has 0 aromatic heterocycles. The Kier molecular flexibility index (Phi) is 2.90. The van der Waals surface area contributed by atoms with Crippen LogP contribution in [0, 0.1) is 4.91 Å². The maximum atomic E-state index is 9.81. The van der Waals surface area contributed by atoms with E-state index < -0.39 is 21.5 Å². The van der Waals surface area contributed by atoms with Crippen LogP contribution in [0.25, 0.3) is 0 Å². The molecule has 0 atom stereocenters. The van der Waals surface area contributed by atoms with Crippen molar-refractivity contribution in [1.29, 1.82) is 0 Å². The van der Waals surface area contributed by atoms with Crippen LogP contribution < -0.4 is 21.5 Å². The Labute approximate surface area is 64.6 Å². The van der Waals surface area contributed by atoms with Gasteiger partial charge >= 0.3 is 64.4 Å². The molecule has 0 amide bonds. The molecular weight excluding hydrogens is 229 g/mol. The summed E-state index contributed by atoms with van der Waals surface area (Å²) in [6.45, 7) is 0. The van der Waals surface area contributed by atoms with E-state index in [2.05, 4.69) is 9.47 Å². The molecule has 0 aromatic rings. The number of hydrogen-bond acceptors (Lipinski definition) is 2. The van der Waals surface area contributed by atoms with Crippen molar-refractivity contribution < 1.29 is 21.5 Å². The molecule has 0 saturated heterocycles. The van der Waals surface area contributed by atoms with Gasteiger partial charge in [0.1, 0.15) is 0 Å². The van der Waals surface area contributed by atoms with Crippen LogP contribution in [-0.2, 0) is 0 Å². The molecule has 0 unspecified atom stereocenters. The second-order valence-corrected chi connectivity index (χ2v) is 4.00. The molecule has 0 aliphatic heterocycles. The zero-order chi connectivity index (χ0) is 6.53. The van der Waals surface area contributed by atoms with Gasteiger partial charge in [0.25, 0.3) is 0 Å². The fourth-order valence-corrected chi connectivity index (χ4v) is 1.86. The second kappa shape index (κ2) is 3.76. The standard InChI is InChI=1S/C6H7INO/c9-8-7-6-4-2-1-3-5-6/h1-2,4H,3,5H2/q-1. The van der Waals surface area contributed by atoms with E-state index in [-0.39, 0.29) is 0 Å². The summed E-state index contributed by atoms with van der Waals surface area (Å²) in [7, 11) is 0. The molecule has 0 spiro atoms. The number of halogens is 1. The van der Waals surface area contributed by atoms with Gasteiger partial charge < -0.3 is 0 Å². The van der Waals surface area contributed by atoms with Gasteiger partial charge in [0.2, 0.25) is 0 Å². The number of nitrogens with zero attached hydrogens (tertiary/aromatic N) is 1. The molecular formula is C6H7INO-. The average Bonchev–Trinajstić information content (AvgIpc) is 1.91. The molecule has 50 valence electrons. The third-order valence-corrected chi connectivity index (χ3v) is 2.82. The molecule has 0 saturated carbocycles. The van der Waals surface area contributed by atoms with Crippen molar-refractivity contribution in [2.24, 2.45) is 3.39 Å². The fourth-order valence-electron chi connectivity index (χ4n) is 0.688. The Morgan fingerprint density at radius 3 is 3.11 bits per heavy atom. The van der Waals surface area contributed by atoms with Crippen molar-refractivity contribution in [3.63, 3.8) is 0 Å². The summed E-state index contributed by atoms with van der Waals surface area (Å²) in [6.07, 6.45) is 8.26. The van der Waals surface area contributed by atoms with Gasteiger partial charge in [-0.1, -0.05) is 0 Å². The molecule has 1 rings (SSSR count). The first-order valence-corrected chi connectivity index (χ1v) is 4.80. The Morgan fingerprint density at radius 2 is 2.56 bits per heavy atom. The van der Waals surface area contributed by atoms with E-state index in [0.29, 0.717) is 0 Å². The Balaban J connectivity index is 2.47. The first-order chi connectivity index (χ1) is 4.43. The first kappa shape index (κ1) is 6.92. The summed E-state index contributed by atoms with van der Waals surface area (Å²) >= 11 is -0.514. The number of rotatable bonds is 2. The summed E-state index contributed by atoms with van der Waals surface area (Å²) in [4.78, 5) is 9.81. The molecule has 2 nitrogen and oxygen atoms in total. The first-order valence-electron chi connectivity index (χ1n) is 2.76. The van der Waals surface area contributed by atoms with Gasteiger partial charge in [-0.05, 0) is 0 Å². The molecule has 0 bridgehead atoms. The zero-order valence-electron chi connectivity index (χ0n) is 4.88. The van der Waals surface area contributed by atoms with E-state index >= 15 is 0 Å². The van der Waals surface area contributed by atoms with Crippen molar-refractivity contribution in [3.8, 4) is 0 Å². The van der Waals surface area contributed by atoms with Gasteiger partial charge in [-0.15, -0.1) is 0 Å². The number of hydrogen-bond donors (Lipinski definition) is 0. The van der Waals surface area contributed by atoms with Gasteiger partial charge in [0, 0.05) is 0 Å². The van der Waals surface area contributed by atoms with Crippen molar-refractivity contribution in [2.75, 3.05) is 0 Å². The van der Waals surface area contributed by atoms with Gasteiger partial charge in [0.05, 0.1) is 0 Å². The van der Waals surface area contributed by atoms with Gasteiger partial charge in [0.15, 0.2) is 0 Å². The molecule has 0 fully saturated rings. The van der Waals surface area contributed by atoms with Gasteiger partial charge in [-0.25, -0.2) is 0 Å². The van der Waals surface area contributed by atoms with E-state index in [0.717, 1.165) is 12.8 Å². The Bertz CT molecular complexity index is 162. The van der Waals surface area contributed by atoms with E-state index in [1.165, 1.54) is 3.58 Å². The summed E-state index contributed by atoms with van der Waals surface area (Å²) in [6, 6.07) is 0. The van der Waals surface area contributed by atoms with Crippen LogP contribution >= 0.6 is 0 Å². The number of nitroso groups, excluding NO2 is 1. The van der Waals surface area contributed by atoms with Crippen LogP contribution in [0.4, 0.5) is 0 Å². The predicted octanol–water partition coefficient (Wildman–Crippen LogP) is -1.01. The number of allylic oxidation sites excluding steroid dienone is 4. The molecule has 0 radical (unpaired) electrons. The van der Waals surface area contributed by atoms with E-state index in [1.54, 1.807) is 0 Å². The molecule has 3 heteroatoms. The molecule has 1 aliphatic carbocycles. The van der Waals surface area contributed by atoms with Crippen LogP contribution in [0.1, 0.15) is 12.8 Å². The SMILES string of the molecule is O=N[I-]C1=CC=CCC1. The average molecular weight is 236 g/mol. The third kappa shape index (κ3) is 2.26. The van der Waals surface area contributed by atoms with Crippen LogP contribution in [0.3, 0.4) is 0 Å². The zero-order valence-corrected chi connectivity index (χ0v) is 7.04. The van der Waals surface area contributed by atoms with Crippen molar-refractivity contribution in [3.05, 3.63) is 26.7 Å². The van der Waals surface area contributed by atoms with E-state index in [4.69, 9.17) is 0 Å². The molecule has 0 heterocycles. The molecule has 9 heavy (non-hydrogen) atoms. The second-order valence-electron chi connectivity index (χ2n) is 1.73. The quantitative estimate of drug-likeness (QED) is 0.446. The summed E-state index contributed by atoms with van der Waals surface area (Å²) < 4.78 is 4.17. The monoisotopic (exact) mass is 236 g/mol. The minimum absolute atomic E-state index is 0.514. The fraction of sp³-hybridized carbons (Fsp3) is 0.333. The van der Waals surface area contributed by atoms with Crippen molar-refractivity contribution in [2.45, 2.75) is 12.8 Å². The minimum atomic E-state index is -0.514. The summed E-state index contributed by atoms with van der Waals surface area (Å²) in [5, 5.41) is 0. The maximum absolute atomic E-state index is 9.81. The predicted molar refractivity (Wildman–Crippen MR) is 32.3 cm³/mol.